The smallest absolute Gasteiger partial charge is 0.251 e. The summed E-state index contributed by atoms with van der Waals surface area (Å²) in [5, 5.41) is 2.93. The fourth-order valence-corrected chi connectivity index (χ4v) is 3.60. The predicted molar refractivity (Wildman–Crippen MR) is 136 cm³/mol. The maximum Gasteiger partial charge on any atom is 0.251 e. The van der Waals surface area contributed by atoms with Gasteiger partial charge in [0.15, 0.2) is 0 Å². The van der Waals surface area contributed by atoms with Crippen LogP contribution in [0.2, 0.25) is 0 Å². The van der Waals surface area contributed by atoms with E-state index in [2.05, 4.69) is 15.2 Å². The van der Waals surface area contributed by atoms with E-state index in [9.17, 15) is 4.79 Å². The third-order valence-electron chi connectivity index (χ3n) is 5.51. The molecule has 7 heteroatoms. The van der Waals surface area contributed by atoms with Gasteiger partial charge in [-0.1, -0.05) is 42.5 Å². The number of anilines is 1. The molecule has 0 bridgehead atoms. The summed E-state index contributed by atoms with van der Waals surface area (Å²) in [4.78, 5) is 23.8. The molecular weight excluding hydrogens is 440 g/mol. The maximum atomic E-state index is 12.4. The minimum absolute atomic E-state index is 0.140. The summed E-state index contributed by atoms with van der Waals surface area (Å²) in [6.45, 7) is 1.52. The largest absolute Gasteiger partial charge is 0.497 e. The zero-order chi connectivity index (χ0) is 24.5. The van der Waals surface area contributed by atoms with Gasteiger partial charge in [0.25, 0.3) is 5.91 Å². The van der Waals surface area contributed by atoms with E-state index >= 15 is 0 Å². The normalized spacial score (nSPS) is 10.5. The van der Waals surface area contributed by atoms with Crippen molar-refractivity contribution in [1.29, 1.82) is 0 Å². The molecule has 0 unspecified atom stereocenters. The van der Waals surface area contributed by atoms with Crippen molar-refractivity contribution in [1.82, 2.24) is 15.3 Å². The van der Waals surface area contributed by atoms with Crippen LogP contribution in [0.3, 0.4) is 0 Å². The lowest BCUT2D eigenvalue weighted by molar-refractivity contribution is 0.0950. The minimum atomic E-state index is -0.140. The van der Waals surface area contributed by atoms with E-state index in [0.717, 1.165) is 28.3 Å². The number of hydrogen-bond acceptors (Lipinski definition) is 6. The number of ether oxygens (including phenoxy) is 2. The second-order valence-electron chi connectivity index (χ2n) is 7.95. The Labute approximate surface area is 205 Å². The standard InChI is InChI=1S/C28H28N4O3/c1-34-25-12-8-21(9-13-25)19-32(20-22-10-14-26(35-2)15-11-22)28-29-17-16-24(31-28)18-30-27(33)23-6-4-3-5-7-23/h3-17H,18-20H2,1-2H3,(H,30,33). The van der Waals surface area contributed by atoms with Gasteiger partial charge in [-0.05, 0) is 53.6 Å². The lowest BCUT2D eigenvalue weighted by Gasteiger charge is -2.23. The van der Waals surface area contributed by atoms with Gasteiger partial charge in [0.05, 0.1) is 26.5 Å². The molecule has 3 aromatic carbocycles. The van der Waals surface area contributed by atoms with Crippen LogP contribution in [0, 0.1) is 0 Å². The summed E-state index contributed by atoms with van der Waals surface area (Å²) in [5.41, 5.74) is 3.55. The number of carbonyl (C=O) groups is 1. The monoisotopic (exact) mass is 468 g/mol. The Balaban J connectivity index is 1.53. The second-order valence-corrected chi connectivity index (χ2v) is 7.95. The van der Waals surface area contributed by atoms with E-state index < -0.39 is 0 Å². The van der Waals surface area contributed by atoms with E-state index in [1.54, 1.807) is 32.5 Å². The number of aromatic nitrogens is 2. The van der Waals surface area contributed by atoms with E-state index in [4.69, 9.17) is 14.5 Å². The first-order valence-electron chi connectivity index (χ1n) is 11.3. The summed E-state index contributed by atoms with van der Waals surface area (Å²) in [5.74, 6) is 2.06. The average molecular weight is 469 g/mol. The number of benzene rings is 3. The maximum absolute atomic E-state index is 12.4. The van der Waals surface area contributed by atoms with Gasteiger partial charge in [-0.25, -0.2) is 9.97 Å². The van der Waals surface area contributed by atoms with Gasteiger partial charge >= 0.3 is 0 Å². The van der Waals surface area contributed by atoms with Crippen LogP contribution >= 0.6 is 0 Å². The molecule has 7 nitrogen and oxygen atoms in total. The van der Waals surface area contributed by atoms with Crippen LogP contribution < -0.4 is 19.7 Å². The molecule has 0 atom stereocenters. The molecule has 1 amide bonds. The van der Waals surface area contributed by atoms with Crippen LogP contribution in [0.15, 0.2) is 91.1 Å². The van der Waals surface area contributed by atoms with Gasteiger partial charge in [-0.3, -0.25) is 4.79 Å². The molecule has 0 fully saturated rings. The van der Waals surface area contributed by atoms with Crippen LogP contribution in [0.25, 0.3) is 0 Å². The molecule has 0 aliphatic carbocycles. The van der Waals surface area contributed by atoms with E-state index in [0.29, 0.717) is 31.1 Å². The predicted octanol–water partition coefficient (Wildman–Crippen LogP) is 4.63. The van der Waals surface area contributed by atoms with Crippen molar-refractivity contribution < 1.29 is 14.3 Å². The lowest BCUT2D eigenvalue weighted by atomic mass is 10.1. The van der Waals surface area contributed by atoms with Crippen molar-refractivity contribution in [3.8, 4) is 11.5 Å². The zero-order valence-corrected chi connectivity index (χ0v) is 19.8. The Morgan fingerprint density at radius 2 is 1.37 bits per heavy atom. The quantitative estimate of drug-likeness (QED) is 0.366. The fraction of sp³-hybridized carbons (Fsp3) is 0.179. The molecule has 0 saturated carbocycles. The van der Waals surface area contributed by atoms with Gasteiger partial charge in [-0.15, -0.1) is 0 Å². The molecule has 35 heavy (non-hydrogen) atoms. The first-order chi connectivity index (χ1) is 17.1. The molecule has 1 heterocycles. The average Bonchev–Trinajstić information content (AvgIpc) is 2.93. The molecule has 4 aromatic rings. The van der Waals surface area contributed by atoms with Crippen molar-refractivity contribution in [2.75, 3.05) is 19.1 Å². The molecule has 1 N–H and O–H groups in total. The molecule has 0 radical (unpaired) electrons. The number of methoxy groups -OCH3 is 2. The molecule has 0 aliphatic heterocycles. The first kappa shape index (κ1) is 23.8. The minimum Gasteiger partial charge on any atom is -0.497 e. The number of hydrogen-bond donors (Lipinski definition) is 1. The molecule has 0 aliphatic rings. The van der Waals surface area contributed by atoms with Crippen molar-refractivity contribution >= 4 is 11.9 Å². The highest BCUT2D eigenvalue weighted by Crippen LogP contribution is 2.20. The van der Waals surface area contributed by atoms with Crippen molar-refractivity contribution in [3.63, 3.8) is 0 Å². The van der Waals surface area contributed by atoms with Crippen LogP contribution in [0.4, 0.5) is 5.95 Å². The first-order valence-corrected chi connectivity index (χ1v) is 11.3. The third kappa shape index (κ3) is 6.57. The van der Waals surface area contributed by atoms with Gasteiger partial charge in [0, 0.05) is 24.8 Å². The van der Waals surface area contributed by atoms with Gasteiger partial charge < -0.3 is 19.7 Å². The summed E-state index contributed by atoms with van der Waals surface area (Å²) < 4.78 is 10.6. The van der Waals surface area contributed by atoms with E-state index in [-0.39, 0.29) is 5.91 Å². The number of nitrogens with zero attached hydrogens (tertiary/aromatic N) is 3. The highest BCUT2D eigenvalue weighted by atomic mass is 16.5. The summed E-state index contributed by atoms with van der Waals surface area (Å²) in [6.07, 6.45) is 1.72. The van der Waals surface area contributed by atoms with Crippen LogP contribution in [0.5, 0.6) is 11.5 Å². The summed E-state index contributed by atoms with van der Waals surface area (Å²) in [7, 11) is 3.31. The van der Waals surface area contributed by atoms with Crippen molar-refractivity contribution in [2.45, 2.75) is 19.6 Å². The molecule has 4 rings (SSSR count). The van der Waals surface area contributed by atoms with E-state index in [1.807, 2.05) is 72.8 Å². The summed E-state index contributed by atoms with van der Waals surface area (Å²) in [6, 6.07) is 26.8. The number of amides is 1. The highest BCUT2D eigenvalue weighted by molar-refractivity contribution is 5.94. The zero-order valence-electron chi connectivity index (χ0n) is 19.8. The highest BCUT2D eigenvalue weighted by Gasteiger charge is 2.14. The Kier molecular flexibility index (Phi) is 7.91. The molecule has 178 valence electrons. The Bertz CT molecular complexity index is 1180. The third-order valence-corrected chi connectivity index (χ3v) is 5.51. The number of nitrogens with one attached hydrogen (secondary N) is 1. The van der Waals surface area contributed by atoms with Gasteiger partial charge in [0.1, 0.15) is 11.5 Å². The Morgan fingerprint density at radius 1 is 0.800 bits per heavy atom. The SMILES string of the molecule is COc1ccc(CN(Cc2ccc(OC)cc2)c2nccc(CNC(=O)c3ccccc3)n2)cc1. The number of rotatable bonds is 10. The topological polar surface area (TPSA) is 76.6 Å². The van der Waals surface area contributed by atoms with Crippen LogP contribution in [0.1, 0.15) is 27.2 Å². The van der Waals surface area contributed by atoms with E-state index in [1.165, 1.54) is 0 Å². The molecular formula is C28H28N4O3. The Hall–Kier alpha value is -4.39. The van der Waals surface area contributed by atoms with Crippen LogP contribution in [-0.4, -0.2) is 30.1 Å². The summed E-state index contributed by atoms with van der Waals surface area (Å²) >= 11 is 0. The molecule has 1 aromatic heterocycles. The Morgan fingerprint density at radius 3 is 1.91 bits per heavy atom. The lowest BCUT2D eigenvalue weighted by Crippen LogP contribution is -2.26. The van der Waals surface area contributed by atoms with Crippen molar-refractivity contribution in [3.05, 3.63) is 114 Å². The van der Waals surface area contributed by atoms with Gasteiger partial charge in [-0.2, -0.15) is 0 Å². The molecule has 0 spiro atoms. The second kappa shape index (κ2) is 11.7. The fourth-order valence-electron chi connectivity index (χ4n) is 3.60. The van der Waals surface area contributed by atoms with Crippen LogP contribution in [-0.2, 0) is 19.6 Å². The van der Waals surface area contributed by atoms with Gasteiger partial charge in [0.2, 0.25) is 5.95 Å². The number of carbonyl (C=O) groups excluding carboxylic acids is 1. The molecule has 0 saturated heterocycles. The van der Waals surface area contributed by atoms with Crippen molar-refractivity contribution in [2.24, 2.45) is 0 Å².